The Bertz CT molecular complexity index is 6160. The van der Waals surface area contributed by atoms with Crippen LogP contribution in [0.3, 0.4) is 0 Å². The van der Waals surface area contributed by atoms with E-state index in [4.69, 9.17) is 0 Å². The van der Waals surface area contributed by atoms with Gasteiger partial charge in [-0.25, -0.2) is 28.7 Å². The van der Waals surface area contributed by atoms with E-state index in [1.54, 1.807) is 66.8 Å². The predicted molar refractivity (Wildman–Crippen MR) is 404 cm³/mol. The third-order valence-corrected chi connectivity index (χ3v) is 17.2. The molecule has 40 heteroatoms. The molecule has 1 aliphatic rings. The standard InChI is InChI=1S/C20H15F3N6O.2C19H15F3N6O.C19H16F2N6O2/c21-12-3-8-15-16(9-12)29(18(26-15)11-1-2-11)17-10-24-28-20(27-17)25-13-4-6-14(7-5-13)30-19(22)23;1-2-16-25-14-8-3-11(20)9-15(14)28(16)17-10-23-27-19(26-17)24-12-4-6-13(7-5-12)29-18(21)22;1-2-17-24-14-5-3-4-6-15(14)28(17)18-25-16(11-27(29)26-18)23-13-9-7-12(8-10-13)19(20,21)22;1-2-17-23-14-5-3-4-6-15(14)27(17)19-24-16(11-26(28)25-19)22-12-7-9-13(10-8-12)29-18(20)21/h3-11,19H,1-2H2,(H,25,27,28);3-10,18H,2H2,1H3,(H,24,26,27);3-11H,2H2,1H3,(H,23,25,26);3-11,18H,2H2,1H3,(H,22,24,25). The number of rotatable bonds is 22. The highest BCUT2D eigenvalue weighted by atomic mass is 19.4. The van der Waals surface area contributed by atoms with Crippen molar-refractivity contribution in [1.29, 1.82) is 0 Å². The molecule has 1 saturated carbocycles. The van der Waals surface area contributed by atoms with Crippen molar-refractivity contribution in [1.82, 2.24) is 88.7 Å². The summed E-state index contributed by atoms with van der Waals surface area (Å²) in [7, 11) is 0. The van der Waals surface area contributed by atoms with E-state index >= 15 is 0 Å². The predicted octanol–water partition coefficient (Wildman–Crippen LogP) is 16.0. The van der Waals surface area contributed by atoms with E-state index in [1.807, 2.05) is 69.3 Å². The first kappa shape index (κ1) is 78.8. The van der Waals surface area contributed by atoms with Crippen molar-refractivity contribution >= 4 is 90.4 Å². The lowest BCUT2D eigenvalue weighted by atomic mass is 10.2. The SMILES string of the molecule is CCc1nc2ccc(F)cc2n1-c1cnnc(Nc2ccc(OC(F)F)cc2)n1.CCc1nc2ccccc2n1-c1nc(Nc2ccc(C(F)(F)F)cc2)c[n+]([O-])n1.CCc1nc2ccccc2n1-c1nc(Nc2ccc(OC(F)F)cc2)c[n+]([O-])n1.Fc1ccc2nc(C3CC3)n(-c3cnnc(Nc4ccc(OC(F)F)cc4)n3)c2c1. The molecule has 0 unspecified atom stereocenters. The van der Waals surface area contributed by atoms with Crippen molar-refractivity contribution < 1.29 is 72.2 Å². The van der Waals surface area contributed by atoms with E-state index in [2.05, 4.69) is 106 Å². The summed E-state index contributed by atoms with van der Waals surface area (Å²) < 4.78 is 159. The zero-order valence-corrected chi connectivity index (χ0v) is 61.1. The van der Waals surface area contributed by atoms with Gasteiger partial charge in [-0.05, 0) is 158 Å². The van der Waals surface area contributed by atoms with Crippen LogP contribution in [-0.2, 0) is 25.4 Å². The number of aromatic nitrogens is 20. The van der Waals surface area contributed by atoms with Gasteiger partial charge in [-0.2, -0.15) is 69.6 Å². The second-order valence-electron chi connectivity index (χ2n) is 25.2. The number of benzene rings is 8. The molecule has 0 atom stereocenters. The number of anilines is 8. The molecule has 8 aromatic carbocycles. The van der Waals surface area contributed by atoms with Crippen LogP contribution >= 0.6 is 0 Å². The van der Waals surface area contributed by atoms with Crippen LogP contribution in [0.1, 0.15) is 68.4 Å². The van der Waals surface area contributed by atoms with Gasteiger partial charge >= 0.3 is 37.9 Å². The molecule has 0 bridgehead atoms. The van der Waals surface area contributed by atoms with E-state index < -0.39 is 31.6 Å². The van der Waals surface area contributed by atoms with Crippen LogP contribution in [0, 0.1) is 22.0 Å². The maximum atomic E-state index is 13.9. The van der Waals surface area contributed by atoms with Crippen molar-refractivity contribution in [2.45, 2.75) is 84.8 Å². The first-order valence-corrected chi connectivity index (χ1v) is 35.5. The highest BCUT2D eigenvalue weighted by molar-refractivity contribution is 5.81. The number of alkyl halides is 9. The molecule has 1 fully saturated rings. The van der Waals surface area contributed by atoms with Gasteiger partial charge in [-0.3, -0.25) is 18.3 Å². The average Bonchev–Trinajstić information content (AvgIpc) is 1.61. The normalized spacial score (nSPS) is 12.0. The minimum absolute atomic E-state index is 0.0327. The summed E-state index contributed by atoms with van der Waals surface area (Å²) in [6.07, 6.45) is 4.66. The summed E-state index contributed by atoms with van der Waals surface area (Å²) in [6, 6.07) is 45.8. The number of para-hydroxylation sites is 4. The van der Waals surface area contributed by atoms with Crippen LogP contribution < -0.4 is 45.2 Å². The third-order valence-electron chi connectivity index (χ3n) is 17.2. The summed E-state index contributed by atoms with van der Waals surface area (Å²) in [5, 5.41) is 59.6. The van der Waals surface area contributed by atoms with Crippen molar-refractivity contribution in [3.05, 3.63) is 258 Å². The number of nitrogens with zero attached hydrogens (tertiary/aromatic N) is 20. The van der Waals surface area contributed by atoms with E-state index in [-0.39, 0.29) is 64.3 Å². The summed E-state index contributed by atoms with van der Waals surface area (Å²) in [6.45, 7) is -2.86. The fourth-order valence-electron chi connectivity index (χ4n) is 12.0. The lowest BCUT2D eigenvalue weighted by Gasteiger charge is -2.10. The Labute approximate surface area is 653 Å². The smallest absolute Gasteiger partial charge is 0.416 e. The highest BCUT2D eigenvalue weighted by Crippen LogP contribution is 2.42. The molecule has 117 heavy (non-hydrogen) atoms. The fraction of sp³-hybridized carbons (Fsp3) is 0.169. The van der Waals surface area contributed by atoms with Crippen LogP contribution in [0.4, 0.5) is 94.6 Å². The number of nitrogens with one attached hydrogen (secondary N) is 4. The molecule has 0 spiro atoms. The van der Waals surface area contributed by atoms with Crippen molar-refractivity contribution in [2.75, 3.05) is 21.3 Å². The molecule has 4 N–H and O–H groups in total. The Morgan fingerprint density at radius 3 is 1.20 bits per heavy atom. The molecule has 16 aromatic rings. The summed E-state index contributed by atoms with van der Waals surface area (Å²) in [5.74, 6) is 4.53. The molecule has 1 aliphatic carbocycles. The van der Waals surface area contributed by atoms with Gasteiger partial charge in [0.05, 0.1) is 72.3 Å². The van der Waals surface area contributed by atoms with Gasteiger partial charge in [0, 0.05) is 60.1 Å². The molecular formula is C77H61F11N24O5. The van der Waals surface area contributed by atoms with Crippen LogP contribution in [-0.4, -0.2) is 109 Å². The van der Waals surface area contributed by atoms with Crippen molar-refractivity contribution in [3.63, 3.8) is 0 Å². The first-order valence-electron chi connectivity index (χ1n) is 35.5. The van der Waals surface area contributed by atoms with Crippen molar-refractivity contribution in [2.24, 2.45) is 0 Å². The van der Waals surface area contributed by atoms with E-state index in [1.165, 1.54) is 91.4 Å². The van der Waals surface area contributed by atoms with Crippen LogP contribution in [0.25, 0.3) is 67.7 Å². The quantitative estimate of drug-likeness (QED) is 0.0278. The van der Waals surface area contributed by atoms with E-state index in [0.717, 1.165) is 64.9 Å². The maximum Gasteiger partial charge on any atom is 0.416 e. The minimum Gasteiger partial charge on any atom is -0.594 e. The van der Waals surface area contributed by atoms with Gasteiger partial charge in [0.1, 0.15) is 52.2 Å². The Morgan fingerprint density at radius 2 is 0.795 bits per heavy atom. The molecule has 17 rings (SSSR count). The zero-order valence-electron chi connectivity index (χ0n) is 61.1. The summed E-state index contributed by atoms with van der Waals surface area (Å²) >= 11 is 0. The molecular weight excluding hydrogens is 1550 g/mol. The number of imidazole rings is 4. The molecule has 29 nitrogen and oxygen atoms in total. The molecule has 8 heterocycles. The Kier molecular flexibility index (Phi) is 23.3. The monoisotopic (exact) mass is 1610 g/mol. The Balaban J connectivity index is 0.000000128. The second-order valence-corrected chi connectivity index (χ2v) is 25.2. The zero-order chi connectivity index (χ0) is 82.0. The summed E-state index contributed by atoms with van der Waals surface area (Å²) in [4.78, 5) is 36.7. The number of ether oxygens (including phenoxy) is 3. The molecule has 0 aliphatic heterocycles. The van der Waals surface area contributed by atoms with Gasteiger partial charge in [0.15, 0.2) is 11.6 Å². The lowest BCUT2D eigenvalue weighted by Crippen LogP contribution is -2.33. The van der Waals surface area contributed by atoms with Gasteiger partial charge in [0.2, 0.25) is 23.5 Å². The number of hydrogen-bond donors (Lipinski definition) is 4. The molecule has 0 amide bonds. The van der Waals surface area contributed by atoms with Gasteiger partial charge in [-0.15, -0.1) is 10.2 Å². The number of fused-ring (bicyclic) bond motifs is 4. The maximum absolute atomic E-state index is 13.9. The molecule has 0 saturated heterocycles. The number of aryl methyl sites for hydroxylation is 3. The number of hydrogen-bond acceptors (Lipinski definition) is 23. The van der Waals surface area contributed by atoms with Gasteiger partial charge in [0.25, 0.3) is 12.4 Å². The Morgan fingerprint density at radius 1 is 0.427 bits per heavy atom. The van der Waals surface area contributed by atoms with Crippen molar-refractivity contribution in [3.8, 4) is 40.8 Å². The first-order chi connectivity index (χ1) is 56.5. The molecule has 596 valence electrons. The third kappa shape index (κ3) is 19.1. The fourth-order valence-corrected chi connectivity index (χ4v) is 12.0. The average molecular weight is 1610 g/mol. The van der Waals surface area contributed by atoms with E-state index in [0.29, 0.717) is 103 Å². The van der Waals surface area contributed by atoms with Gasteiger partial charge < -0.3 is 45.9 Å². The topological polar surface area (TPSA) is 330 Å². The van der Waals surface area contributed by atoms with Crippen LogP contribution in [0.5, 0.6) is 17.2 Å². The molecule has 0 radical (unpaired) electrons. The van der Waals surface area contributed by atoms with Gasteiger partial charge in [-0.1, -0.05) is 54.7 Å². The lowest BCUT2D eigenvalue weighted by molar-refractivity contribution is -0.668. The minimum atomic E-state index is -4.42. The molecule has 8 aromatic heterocycles. The highest BCUT2D eigenvalue weighted by Gasteiger charge is 2.32. The summed E-state index contributed by atoms with van der Waals surface area (Å²) in [5.41, 5.74) is 6.82. The largest absolute Gasteiger partial charge is 0.594 e. The Hall–Kier alpha value is -14.9. The van der Waals surface area contributed by atoms with Crippen LogP contribution in [0.15, 0.2) is 207 Å². The number of halogens is 11. The second kappa shape index (κ2) is 34.6. The van der Waals surface area contributed by atoms with Crippen LogP contribution in [0.2, 0.25) is 0 Å². The van der Waals surface area contributed by atoms with E-state index in [9.17, 15) is 58.7 Å².